The number of hydrogen-bond acceptors (Lipinski definition) is 0. The summed E-state index contributed by atoms with van der Waals surface area (Å²) in [6.07, 6.45) is 7.32. The van der Waals surface area contributed by atoms with Crippen LogP contribution < -0.4 is 15.9 Å². The normalized spacial score (nSPS) is 12.1. The number of benzene rings is 3. The van der Waals surface area contributed by atoms with Crippen LogP contribution in [0.3, 0.4) is 0 Å². The van der Waals surface area contributed by atoms with Crippen molar-refractivity contribution in [3.8, 4) is 0 Å². The van der Waals surface area contributed by atoms with Crippen LogP contribution in [0.4, 0.5) is 0 Å². The number of unbranched alkanes of at least 4 members (excludes halogenated alkanes) is 1. The van der Waals surface area contributed by atoms with E-state index in [0.29, 0.717) is 0 Å². The first-order chi connectivity index (χ1) is 13.3. The highest BCUT2D eigenvalue weighted by atomic mass is 31.2. The van der Waals surface area contributed by atoms with Crippen molar-refractivity contribution in [1.29, 1.82) is 0 Å². The molecule has 0 saturated carbocycles. The van der Waals surface area contributed by atoms with Crippen LogP contribution in [0.25, 0.3) is 0 Å². The number of allylic oxidation sites excluding steroid dienone is 2. The Balaban J connectivity index is 2.17. The van der Waals surface area contributed by atoms with Crippen molar-refractivity contribution in [2.75, 3.05) is 6.16 Å². The third-order valence-corrected chi connectivity index (χ3v) is 9.50. The molecule has 0 saturated heterocycles. The summed E-state index contributed by atoms with van der Waals surface area (Å²) in [7, 11) is -1.72. The molecule has 0 aliphatic heterocycles. The Morgan fingerprint density at radius 2 is 1.11 bits per heavy atom. The van der Waals surface area contributed by atoms with Gasteiger partial charge in [0.25, 0.3) is 0 Å². The maximum Gasteiger partial charge on any atom is 0.115 e. The van der Waals surface area contributed by atoms with Gasteiger partial charge in [-0.25, -0.2) is 0 Å². The fourth-order valence-corrected chi connectivity index (χ4v) is 7.82. The van der Waals surface area contributed by atoms with E-state index in [0.717, 1.165) is 6.16 Å². The van der Waals surface area contributed by atoms with Gasteiger partial charge in [0.2, 0.25) is 0 Å². The summed E-state index contributed by atoms with van der Waals surface area (Å²) in [6.45, 7) is 4.56. The molecule has 0 nitrogen and oxygen atoms in total. The van der Waals surface area contributed by atoms with Crippen LogP contribution in [0.2, 0.25) is 0 Å². The van der Waals surface area contributed by atoms with Gasteiger partial charge in [0.05, 0.1) is 6.16 Å². The van der Waals surface area contributed by atoms with E-state index >= 15 is 0 Å². The van der Waals surface area contributed by atoms with Crippen molar-refractivity contribution in [3.63, 3.8) is 0 Å². The van der Waals surface area contributed by atoms with Gasteiger partial charge in [0.15, 0.2) is 0 Å². The second kappa shape index (κ2) is 9.67. The Morgan fingerprint density at radius 3 is 1.48 bits per heavy atom. The number of hydrogen-bond donors (Lipinski definition) is 0. The SMILES string of the molecule is CCCC/C(C)=C/C[P+](c1ccccc1)(c1ccccc1)c1ccccc1. The zero-order chi connectivity index (χ0) is 19.0. The van der Waals surface area contributed by atoms with Crippen molar-refractivity contribution in [2.24, 2.45) is 0 Å². The Morgan fingerprint density at radius 1 is 0.704 bits per heavy atom. The van der Waals surface area contributed by atoms with Crippen LogP contribution in [0.1, 0.15) is 33.1 Å². The minimum Gasteiger partial charge on any atom is -0.0737 e. The molecule has 0 amide bonds. The Hall–Kier alpha value is -2.17. The van der Waals surface area contributed by atoms with E-state index in [1.165, 1.54) is 40.7 Å². The molecular weight excluding hydrogens is 343 g/mol. The maximum atomic E-state index is 2.51. The monoisotopic (exact) mass is 373 g/mol. The van der Waals surface area contributed by atoms with Crippen molar-refractivity contribution in [1.82, 2.24) is 0 Å². The van der Waals surface area contributed by atoms with Gasteiger partial charge >= 0.3 is 0 Å². The first kappa shape index (κ1) is 19.6. The molecule has 0 fully saturated rings. The zero-order valence-electron chi connectivity index (χ0n) is 16.5. The highest BCUT2D eigenvalue weighted by Crippen LogP contribution is 2.55. The Labute approximate surface area is 165 Å². The third-order valence-electron chi connectivity index (χ3n) is 5.23. The van der Waals surface area contributed by atoms with Gasteiger partial charge in [0.1, 0.15) is 23.2 Å². The summed E-state index contributed by atoms with van der Waals surface area (Å²) in [6, 6.07) is 33.4. The Bertz CT molecular complexity index is 738. The molecule has 0 bridgehead atoms. The summed E-state index contributed by atoms with van der Waals surface area (Å²) in [5.41, 5.74) is 1.52. The quantitative estimate of drug-likeness (QED) is 0.330. The average Bonchev–Trinajstić information content (AvgIpc) is 2.75. The average molecular weight is 374 g/mol. The number of rotatable bonds is 8. The van der Waals surface area contributed by atoms with E-state index < -0.39 is 7.26 Å². The Kier molecular flexibility index (Phi) is 7.02. The van der Waals surface area contributed by atoms with E-state index in [4.69, 9.17) is 0 Å². The lowest BCUT2D eigenvalue weighted by molar-refractivity contribution is 0.786. The van der Waals surface area contributed by atoms with Gasteiger partial charge in [-0.15, -0.1) is 0 Å². The van der Waals surface area contributed by atoms with Gasteiger partial charge in [-0.05, 0) is 62.2 Å². The second-order valence-electron chi connectivity index (χ2n) is 7.15. The molecular formula is C26H30P+. The van der Waals surface area contributed by atoms with Crippen LogP contribution in [0.5, 0.6) is 0 Å². The fraction of sp³-hybridized carbons (Fsp3) is 0.231. The molecule has 0 atom stereocenters. The van der Waals surface area contributed by atoms with Crippen molar-refractivity contribution < 1.29 is 0 Å². The van der Waals surface area contributed by atoms with E-state index in [2.05, 4.69) is 111 Å². The summed E-state index contributed by atoms with van der Waals surface area (Å²) in [4.78, 5) is 0. The van der Waals surface area contributed by atoms with Crippen molar-refractivity contribution in [2.45, 2.75) is 33.1 Å². The molecule has 3 aromatic rings. The zero-order valence-corrected chi connectivity index (χ0v) is 17.4. The largest absolute Gasteiger partial charge is 0.115 e. The topological polar surface area (TPSA) is 0 Å². The lowest BCUT2D eigenvalue weighted by Crippen LogP contribution is -2.33. The van der Waals surface area contributed by atoms with E-state index in [9.17, 15) is 0 Å². The first-order valence-corrected chi connectivity index (χ1v) is 12.0. The van der Waals surface area contributed by atoms with E-state index in [-0.39, 0.29) is 0 Å². The predicted octanol–water partition coefficient (Wildman–Crippen LogP) is 6.12. The molecule has 1 heteroatoms. The smallest absolute Gasteiger partial charge is 0.0737 e. The van der Waals surface area contributed by atoms with Gasteiger partial charge in [-0.3, -0.25) is 0 Å². The molecule has 3 rings (SSSR count). The third kappa shape index (κ3) is 4.57. The molecule has 0 aliphatic carbocycles. The maximum absolute atomic E-state index is 2.51. The molecule has 0 N–H and O–H groups in total. The lowest BCUT2D eigenvalue weighted by Gasteiger charge is -2.27. The highest BCUT2D eigenvalue weighted by Gasteiger charge is 2.44. The molecule has 0 radical (unpaired) electrons. The van der Waals surface area contributed by atoms with Gasteiger partial charge < -0.3 is 0 Å². The molecule has 138 valence electrons. The summed E-state index contributed by atoms with van der Waals surface area (Å²) in [5, 5.41) is 4.38. The van der Waals surface area contributed by atoms with Gasteiger partial charge in [0, 0.05) is 0 Å². The molecule has 0 spiro atoms. The second-order valence-corrected chi connectivity index (χ2v) is 10.7. The summed E-state index contributed by atoms with van der Waals surface area (Å²) >= 11 is 0. The standard InChI is InChI=1S/C26H30P/c1-3-4-14-23(2)21-22-27(24-15-8-5-9-16-24,25-17-10-6-11-18-25)26-19-12-7-13-20-26/h5-13,15-21H,3-4,14,22H2,1-2H3/q+1/b23-21+. The first-order valence-electron chi connectivity index (χ1n) is 9.98. The van der Waals surface area contributed by atoms with E-state index in [1.54, 1.807) is 0 Å². The summed E-state index contributed by atoms with van der Waals surface area (Å²) in [5.74, 6) is 0. The predicted molar refractivity (Wildman–Crippen MR) is 123 cm³/mol. The molecule has 0 heterocycles. The summed E-state index contributed by atoms with van der Waals surface area (Å²) < 4.78 is 0. The molecule has 27 heavy (non-hydrogen) atoms. The van der Waals surface area contributed by atoms with Gasteiger partial charge in [-0.2, -0.15) is 0 Å². The van der Waals surface area contributed by atoms with Crippen LogP contribution in [0.15, 0.2) is 103 Å². The molecule has 0 aromatic heterocycles. The molecule has 0 aliphatic rings. The van der Waals surface area contributed by atoms with Gasteiger partial charge in [-0.1, -0.05) is 73.5 Å². The minimum absolute atomic E-state index is 1.08. The van der Waals surface area contributed by atoms with Crippen LogP contribution in [0, 0.1) is 0 Å². The minimum atomic E-state index is -1.72. The highest BCUT2D eigenvalue weighted by molar-refractivity contribution is 7.95. The van der Waals surface area contributed by atoms with E-state index in [1.807, 2.05) is 0 Å². The van der Waals surface area contributed by atoms with Crippen molar-refractivity contribution >= 4 is 23.2 Å². The van der Waals surface area contributed by atoms with Crippen LogP contribution in [-0.2, 0) is 0 Å². The lowest BCUT2D eigenvalue weighted by atomic mass is 10.1. The molecule has 3 aromatic carbocycles. The van der Waals surface area contributed by atoms with Crippen LogP contribution in [-0.4, -0.2) is 6.16 Å². The fourth-order valence-electron chi connectivity index (χ4n) is 3.66. The molecule has 0 unspecified atom stereocenters. The van der Waals surface area contributed by atoms with Crippen molar-refractivity contribution in [3.05, 3.63) is 103 Å². The van der Waals surface area contributed by atoms with Crippen LogP contribution >= 0.6 is 7.26 Å².